The number of hydrogen-bond acceptors (Lipinski definition) is 3. The van der Waals surface area contributed by atoms with Crippen LogP contribution >= 0.6 is 11.6 Å². The van der Waals surface area contributed by atoms with Crippen LogP contribution in [-0.2, 0) is 11.2 Å². The van der Waals surface area contributed by atoms with Gasteiger partial charge in [0.2, 0.25) is 0 Å². The molecule has 4 N–H and O–H groups in total. The van der Waals surface area contributed by atoms with Gasteiger partial charge in [-0.2, -0.15) is 0 Å². The van der Waals surface area contributed by atoms with Crippen LogP contribution in [0.3, 0.4) is 0 Å². The molecular weight excluding hydrogens is 412 g/mol. The van der Waals surface area contributed by atoms with Crippen LogP contribution in [0.25, 0.3) is 22.0 Å². The molecule has 1 aromatic heterocycles. The van der Waals surface area contributed by atoms with Gasteiger partial charge in [0.25, 0.3) is 5.91 Å². The summed E-state index contributed by atoms with van der Waals surface area (Å²) in [6, 6.07) is 4.47. The molecule has 1 amide bonds. The minimum absolute atomic E-state index is 0.0455. The van der Waals surface area contributed by atoms with Crippen molar-refractivity contribution in [3.8, 4) is 11.1 Å². The number of nitrogens with two attached hydrogens (primary N) is 1. The van der Waals surface area contributed by atoms with Gasteiger partial charge in [0.15, 0.2) is 17.4 Å². The number of nitrogens with one attached hydrogen (secondary N) is 2. The lowest BCUT2D eigenvalue weighted by atomic mass is 9.85. The number of H-pyrrole nitrogens is 1. The van der Waals surface area contributed by atoms with E-state index in [2.05, 4.69) is 16.9 Å². The number of amides is 1. The van der Waals surface area contributed by atoms with Crippen molar-refractivity contribution in [3.63, 3.8) is 0 Å². The number of benzene rings is 2. The number of primary amides is 1. The Bertz CT molecular complexity index is 1250. The molecule has 30 heavy (non-hydrogen) atoms. The first-order valence-electron chi connectivity index (χ1n) is 9.28. The van der Waals surface area contributed by atoms with Crippen molar-refractivity contribution in [2.75, 3.05) is 6.54 Å². The standard InChI is InChI=1S/C22H18ClF2N3O2/c1-3-13(29)20-12-6-4-5-11(10(12)7-8-27-20)14-15-17(23)9(2)28-21(15)16(22(26)30)19(25)18(14)24/h3-6,20,27-28H,1,7-8H2,2H3,(H2,26,30)/t20-/m1/s1. The summed E-state index contributed by atoms with van der Waals surface area (Å²) in [5.74, 6) is -3.87. The molecule has 1 atom stereocenters. The average Bonchev–Trinajstić information content (AvgIpc) is 3.01. The van der Waals surface area contributed by atoms with E-state index in [4.69, 9.17) is 17.3 Å². The number of carbonyl (C=O) groups excluding carboxylic acids is 2. The lowest BCUT2D eigenvalue weighted by molar-refractivity contribution is -0.116. The van der Waals surface area contributed by atoms with E-state index in [1.807, 2.05) is 0 Å². The SMILES string of the molecule is C=CC(=O)[C@@H]1NCCc2c(-c3c(F)c(F)c(C(N)=O)c4[nH]c(C)c(Cl)c34)cccc21. The zero-order chi connectivity index (χ0) is 21.7. The predicted octanol–water partition coefficient (Wildman–Crippen LogP) is 4.12. The van der Waals surface area contributed by atoms with Crippen molar-refractivity contribution in [2.45, 2.75) is 19.4 Å². The summed E-state index contributed by atoms with van der Waals surface area (Å²) in [5.41, 5.74) is 6.95. The van der Waals surface area contributed by atoms with Crippen LogP contribution in [0.15, 0.2) is 30.9 Å². The quantitative estimate of drug-likeness (QED) is 0.545. The maximum absolute atomic E-state index is 15.4. The Morgan fingerprint density at radius 2 is 2.03 bits per heavy atom. The highest BCUT2D eigenvalue weighted by molar-refractivity contribution is 6.38. The number of hydrogen-bond donors (Lipinski definition) is 3. The topological polar surface area (TPSA) is 88.0 Å². The molecule has 2 heterocycles. The zero-order valence-electron chi connectivity index (χ0n) is 16.0. The summed E-state index contributed by atoms with van der Waals surface area (Å²) in [6.45, 7) is 5.64. The number of aryl methyl sites for hydroxylation is 1. The van der Waals surface area contributed by atoms with Crippen LogP contribution in [0.1, 0.15) is 33.2 Å². The maximum atomic E-state index is 15.4. The summed E-state index contributed by atoms with van der Waals surface area (Å²) in [7, 11) is 0. The molecule has 0 spiro atoms. The Morgan fingerprint density at radius 3 is 2.70 bits per heavy atom. The summed E-state index contributed by atoms with van der Waals surface area (Å²) >= 11 is 6.43. The van der Waals surface area contributed by atoms with Gasteiger partial charge in [0.05, 0.1) is 16.6 Å². The Balaban J connectivity index is 2.11. The normalized spacial score (nSPS) is 15.8. The summed E-state index contributed by atoms with van der Waals surface area (Å²) in [4.78, 5) is 27.0. The first-order valence-corrected chi connectivity index (χ1v) is 9.66. The van der Waals surface area contributed by atoms with E-state index in [1.165, 1.54) is 6.08 Å². The molecule has 0 saturated heterocycles. The zero-order valence-corrected chi connectivity index (χ0v) is 16.8. The summed E-state index contributed by atoms with van der Waals surface area (Å²) in [5, 5.41) is 3.48. The van der Waals surface area contributed by atoms with Crippen molar-refractivity contribution in [2.24, 2.45) is 5.73 Å². The molecule has 0 bridgehead atoms. The van der Waals surface area contributed by atoms with Crippen LogP contribution in [0.5, 0.6) is 0 Å². The average molecular weight is 430 g/mol. The Hall–Kier alpha value is -3.03. The predicted molar refractivity (Wildman–Crippen MR) is 112 cm³/mol. The molecule has 2 aromatic carbocycles. The number of aromatic nitrogens is 1. The fourth-order valence-corrected chi connectivity index (χ4v) is 4.40. The van der Waals surface area contributed by atoms with E-state index in [9.17, 15) is 14.0 Å². The smallest absolute Gasteiger partial charge is 0.253 e. The van der Waals surface area contributed by atoms with E-state index in [1.54, 1.807) is 25.1 Å². The minimum Gasteiger partial charge on any atom is -0.365 e. The second-order valence-electron chi connectivity index (χ2n) is 7.17. The van der Waals surface area contributed by atoms with Gasteiger partial charge in [-0.05, 0) is 36.1 Å². The lowest BCUT2D eigenvalue weighted by Gasteiger charge is -2.27. The number of carbonyl (C=O) groups is 2. The van der Waals surface area contributed by atoms with Gasteiger partial charge in [0, 0.05) is 23.2 Å². The largest absolute Gasteiger partial charge is 0.365 e. The van der Waals surface area contributed by atoms with Crippen molar-refractivity contribution < 1.29 is 18.4 Å². The molecule has 1 aliphatic rings. The highest BCUT2D eigenvalue weighted by atomic mass is 35.5. The molecule has 0 aliphatic carbocycles. The monoisotopic (exact) mass is 429 g/mol. The molecule has 8 heteroatoms. The van der Waals surface area contributed by atoms with Crippen molar-refractivity contribution in [3.05, 3.63) is 69.9 Å². The van der Waals surface area contributed by atoms with Crippen LogP contribution in [0, 0.1) is 18.6 Å². The van der Waals surface area contributed by atoms with E-state index < -0.39 is 29.1 Å². The molecule has 0 radical (unpaired) electrons. The number of aromatic amines is 1. The molecular formula is C22H18ClF2N3O2. The Labute approximate surface area is 175 Å². The van der Waals surface area contributed by atoms with Crippen LogP contribution in [0.4, 0.5) is 8.78 Å². The Morgan fingerprint density at radius 1 is 1.30 bits per heavy atom. The van der Waals surface area contributed by atoms with Crippen molar-refractivity contribution in [1.29, 1.82) is 0 Å². The van der Waals surface area contributed by atoms with Crippen LogP contribution in [-0.4, -0.2) is 23.2 Å². The van der Waals surface area contributed by atoms with Crippen LogP contribution in [0.2, 0.25) is 5.02 Å². The molecule has 0 unspecified atom stereocenters. The number of ketones is 1. The molecule has 3 aromatic rings. The first kappa shape index (κ1) is 20.3. The van der Waals surface area contributed by atoms with Gasteiger partial charge < -0.3 is 16.0 Å². The van der Waals surface area contributed by atoms with E-state index in [0.29, 0.717) is 35.3 Å². The maximum Gasteiger partial charge on any atom is 0.253 e. The fraction of sp³-hybridized carbons (Fsp3) is 0.182. The molecule has 154 valence electrons. The number of rotatable bonds is 4. The number of halogens is 3. The first-order chi connectivity index (χ1) is 14.3. The molecule has 0 fully saturated rings. The van der Waals surface area contributed by atoms with Gasteiger partial charge in [-0.1, -0.05) is 36.4 Å². The third-order valence-corrected chi connectivity index (χ3v) is 5.96. The van der Waals surface area contributed by atoms with Gasteiger partial charge in [-0.25, -0.2) is 8.78 Å². The van der Waals surface area contributed by atoms with Gasteiger partial charge >= 0.3 is 0 Å². The van der Waals surface area contributed by atoms with Gasteiger partial charge in [-0.3, -0.25) is 9.59 Å². The third-order valence-electron chi connectivity index (χ3n) is 5.49. The Kier molecular flexibility index (Phi) is 4.95. The van der Waals surface area contributed by atoms with Crippen molar-refractivity contribution >= 4 is 34.2 Å². The minimum atomic E-state index is -1.34. The van der Waals surface area contributed by atoms with Crippen LogP contribution < -0.4 is 11.1 Å². The highest BCUT2D eigenvalue weighted by Crippen LogP contribution is 2.43. The second kappa shape index (κ2) is 7.34. The fourth-order valence-electron chi connectivity index (χ4n) is 4.16. The highest BCUT2D eigenvalue weighted by Gasteiger charge is 2.31. The molecule has 5 nitrogen and oxygen atoms in total. The lowest BCUT2D eigenvalue weighted by Crippen LogP contribution is -2.34. The third kappa shape index (κ3) is 2.85. The van der Waals surface area contributed by atoms with Crippen molar-refractivity contribution in [1.82, 2.24) is 10.3 Å². The van der Waals surface area contributed by atoms with E-state index in [0.717, 1.165) is 0 Å². The summed E-state index contributed by atoms with van der Waals surface area (Å²) in [6.07, 6.45) is 1.72. The molecule has 0 saturated carbocycles. The number of fused-ring (bicyclic) bond motifs is 2. The van der Waals surface area contributed by atoms with Gasteiger partial charge in [-0.15, -0.1) is 0 Å². The van der Waals surface area contributed by atoms with E-state index in [-0.39, 0.29) is 27.3 Å². The summed E-state index contributed by atoms with van der Waals surface area (Å²) < 4.78 is 30.3. The second-order valence-corrected chi connectivity index (χ2v) is 7.55. The van der Waals surface area contributed by atoms with E-state index >= 15 is 4.39 Å². The van der Waals surface area contributed by atoms with Gasteiger partial charge in [0.1, 0.15) is 5.56 Å². The molecule has 4 rings (SSSR count). The molecule has 1 aliphatic heterocycles.